The van der Waals surface area contributed by atoms with Crippen molar-refractivity contribution in [3.63, 3.8) is 0 Å². The van der Waals surface area contributed by atoms with Gasteiger partial charge in [0.15, 0.2) is 0 Å². The van der Waals surface area contributed by atoms with Crippen LogP contribution in [0, 0.1) is 6.92 Å². The van der Waals surface area contributed by atoms with Gasteiger partial charge >= 0.3 is 0 Å². The zero-order chi connectivity index (χ0) is 16.8. The molecule has 23 heavy (non-hydrogen) atoms. The third-order valence-corrected chi connectivity index (χ3v) is 6.53. The number of rotatable bonds is 3. The first-order chi connectivity index (χ1) is 10.8. The smallest absolute Gasteiger partial charge is 0.212 e. The Morgan fingerprint density at radius 3 is 2.52 bits per heavy atom. The normalized spacial score (nSPS) is 16.1. The zero-order valence-corrected chi connectivity index (χ0v) is 14.4. The zero-order valence-electron chi connectivity index (χ0n) is 12.8. The van der Waals surface area contributed by atoms with E-state index in [9.17, 15) is 8.42 Å². The summed E-state index contributed by atoms with van der Waals surface area (Å²) in [4.78, 5) is 0.128. The number of sulfone groups is 1. The molecule has 6 nitrogen and oxygen atoms in total. The molecule has 1 heterocycles. The van der Waals surface area contributed by atoms with E-state index in [4.69, 9.17) is 23.1 Å². The van der Waals surface area contributed by atoms with Gasteiger partial charge in [0.25, 0.3) is 0 Å². The average molecular weight is 355 g/mol. The highest BCUT2D eigenvalue weighted by molar-refractivity contribution is 7.91. The maximum Gasteiger partial charge on any atom is 0.212 e. The van der Waals surface area contributed by atoms with E-state index in [2.05, 4.69) is 5.10 Å². The van der Waals surface area contributed by atoms with Crippen molar-refractivity contribution in [1.82, 2.24) is 9.78 Å². The van der Waals surface area contributed by atoms with Crippen LogP contribution in [0.2, 0.25) is 5.02 Å². The van der Waals surface area contributed by atoms with Crippen molar-refractivity contribution in [3.8, 4) is 0 Å². The molecule has 1 aliphatic rings. The number of nitrogen functional groups attached to an aromatic ring is 2. The molecule has 1 fully saturated rings. The van der Waals surface area contributed by atoms with Crippen molar-refractivity contribution in [2.45, 2.75) is 48.4 Å². The summed E-state index contributed by atoms with van der Waals surface area (Å²) in [5.41, 5.74) is 12.5. The Hall–Kier alpha value is -1.73. The van der Waals surface area contributed by atoms with Gasteiger partial charge in [-0.1, -0.05) is 24.4 Å². The van der Waals surface area contributed by atoms with Gasteiger partial charge in [-0.3, -0.25) is 0 Å². The van der Waals surface area contributed by atoms with Gasteiger partial charge in [0, 0.05) is 0 Å². The Kier molecular flexibility index (Phi) is 4.01. The summed E-state index contributed by atoms with van der Waals surface area (Å²) >= 11 is 5.95. The number of anilines is 2. The summed E-state index contributed by atoms with van der Waals surface area (Å²) in [7, 11) is -3.80. The van der Waals surface area contributed by atoms with Gasteiger partial charge < -0.3 is 11.5 Å². The highest BCUT2D eigenvalue weighted by Gasteiger charge is 2.30. The first-order valence-corrected chi connectivity index (χ1v) is 9.33. The highest BCUT2D eigenvalue weighted by Crippen LogP contribution is 2.36. The first kappa shape index (κ1) is 16.1. The van der Waals surface area contributed by atoms with E-state index in [1.807, 2.05) is 0 Å². The molecule has 0 saturated heterocycles. The number of hydrogen-bond donors (Lipinski definition) is 2. The van der Waals surface area contributed by atoms with Crippen molar-refractivity contribution >= 4 is 32.9 Å². The molecule has 0 amide bonds. The molecule has 3 rings (SSSR count). The number of halogens is 1. The minimum Gasteiger partial charge on any atom is -0.398 e. The molecule has 8 heteroatoms. The minimum absolute atomic E-state index is 0.0604. The van der Waals surface area contributed by atoms with Crippen LogP contribution >= 0.6 is 11.6 Å². The van der Waals surface area contributed by atoms with Gasteiger partial charge in [0.2, 0.25) is 9.84 Å². The minimum atomic E-state index is -3.80. The van der Waals surface area contributed by atoms with E-state index in [1.54, 1.807) is 11.6 Å². The quantitative estimate of drug-likeness (QED) is 0.824. The molecule has 0 unspecified atom stereocenters. The number of benzene rings is 1. The van der Waals surface area contributed by atoms with Gasteiger partial charge in [-0.15, -0.1) is 0 Å². The SMILES string of the molecule is Cc1nn(C2CCCC2)c(N)c1S(=O)(=O)c1ccc(N)c(Cl)c1. The van der Waals surface area contributed by atoms with Gasteiger partial charge in [-0.05, 0) is 38.0 Å². The van der Waals surface area contributed by atoms with Crippen LogP contribution in [0.1, 0.15) is 37.4 Å². The van der Waals surface area contributed by atoms with Crippen molar-refractivity contribution < 1.29 is 8.42 Å². The lowest BCUT2D eigenvalue weighted by Gasteiger charge is -2.12. The predicted molar refractivity (Wildman–Crippen MR) is 90.2 cm³/mol. The van der Waals surface area contributed by atoms with E-state index in [1.165, 1.54) is 18.2 Å². The van der Waals surface area contributed by atoms with E-state index in [0.29, 0.717) is 11.4 Å². The summed E-state index contributed by atoms with van der Waals surface area (Å²) in [6.45, 7) is 1.66. The third-order valence-electron chi connectivity index (χ3n) is 4.29. The van der Waals surface area contributed by atoms with E-state index >= 15 is 0 Å². The molecular formula is C15H19ClN4O2S. The molecule has 1 aliphatic carbocycles. The van der Waals surface area contributed by atoms with Crippen molar-refractivity contribution in [2.24, 2.45) is 0 Å². The molecule has 124 valence electrons. The van der Waals surface area contributed by atoms with Crippen LogP contribution in [0.15, 0.2) is 28.0 Å². The summed E-state index contributed by atoms with van der Waals surface area (Å²) in [5, 5.41) is 4.58. The third kappa shape index (κ3) is 2.68. The standard InChI is InChI=1S/C15H19ClN4O2S/c1-9-14(15(18)20(19-9)10-4-2-3-5-10)23(21,22)11-6-7-13(17)12(16)8-11/h6-8,10H,2-5,17-18H2,1H3. The van der Waals surface area contributed by atoms with E-state index in [-0.39, 0.29) is 26.7 Å². The van der Waals surface area contributed by atoms with Crippen LogP contribution in [0.25, 0.3) is 0 Å². The second-order valence-corrected chi connectivity index (χ2v) is 8.16. The lowest BCUT2D eigenvalue weighted by molar-refractivity contribution is 0.471. The largest absolute Gasteiger partial charge is 0.398 e. The van der Waals surface area contributed by atoms with Gasteiger partial charge in [0.05, 0.1) is 27.3 Å². The first-order valence-electron chi connectivity index (χ1n) is 7.47. The lowest BCUT2D eigenvalue weighted by atomic mass is 10.2. The monoisotopic (exact) mass is 354 g/mol. The molecule has 1 aromatic heterocycles. The van der Waals surface area contributed by atoms with Crippen LogP contribution < -0.4 is 11.5 Å². The van der Waals surface area contributed by atoms with Crippen LogP contribution in [0.3, 0.4) is 0 Å². The predicted octanol–water partition coefficient (Wildman–Crippen LogP) is 2.96. The molecule has 1 saturated carbocycles. The fraction of sp³-hybridized carbons (Fsp3) is 0.400. The van der Waals surface area contributed by atoms with Crippen molar-refractivity contribution in [1.29, 1.82) is 0 Å². The molecule has 1 aromatic carbocycles. The topological polar surface area (TPSA) is 104 Å². The van der Waals surface area contributed by atoms with Crippen molar-refractivity contribution in [2.75, 3.05) is 11.5 Å². The second kappa shape index (κ2) is 5.72. The van der Waals surface area contributed by atoms with Crippen LogP contribution in [-0.4, -0.2) is 18.2 Å². The van der Waals surface area contributed by atoms with Crippen LogP contribution in [-0.2, 0) is 9.84 Å². The second-order valence-electron chi connectivity index (χ2n) is 5.87. The average Bonchev–Trinajstić information content (AvgIpc) is 3.09. The number of nitrogens with zero attached hydrogens (tertiary/aromatic N) is 2. The summed E-state index contributed by atoms with van der Waals surface area (Å²) in [5.74, 6) is 0.197. The number of aryl methyl sites for hydroxylation is 1. The fourth-order valence-corrected chi connectivity index (χ4v) is 4.90. The fourth-order valence-electron chi connectivity index (χ4n) is 3.10. The van der Waals surface area contributed by atoms with Crippen molar-refractivity contribution in [3.05, 3.63) is 28.9 Å². The van der Waals surface area contributed by atoms with Crippen LogP contribution in [0.4, 0.5) is 11.5 Å². The number of nitrogens with two attached hydrogens (primary N) is 2. The number of aromatic nitrogens is 2. The Bertz CT molecular complexity index is 855. The highest BCUT2D eigenvalue weighted by atomic mass is 35.5. The Morgan fingerprint density at radius 2 is 1.91 bits per heavy atom. The van der Waals surface area contributed by atoms with Gasteiger partial charge in [0.1, 0.15) is 10.7 Å². The lowest BCUT2D eigenvalue weighted by Crippen LogP contribution is -2.12. The molecule has 0 atom stereocenters. The molecule has 0 aliphatic heterocycles. The Balaban J connectivity index is 2.11. The maximum absolute atomic E-state index is 12.9. The number of hydrogen-bond acceptors (Lipinski definition) is 5. The Morgan fingerprint density at radius 1 is 1.26 bits per heavy atom. The molecule has 4 N–H and O–H groups in total. The molecule has 0 bridgehead atoms. The van der Waals surface area contributed by atoms with Gasteiger partial charge in [-0.25, -0.2) is 13.1 Å². The molecule has 0 radical (unpaired) electrons. The summed E-state index contributed by atoms with van der Waals surface area (Å²) < 4.78 is 27.5. The Labute approximate surface area is 140 Å². The van der Waals surface area contributed by atoms with E-state index in [0.717, 1.165) is 25.7 Å². The summed E-state index contributed by atoms with van der Waals surface area (Å²) in [6.07, 6.45) is 4.16. The summed E-state index contributed by atoms with van der Waals surface area (Å²) in [6, 6.07) is 4.43. The van der Waals surface area contributed by atoms with Crippen LogP contribution in [0.5, 0.6) is 0 Å². The molecule has 2 aromatic rings. The van der Waals surface area contributed by atoms with E-state index < -0.39 is 9.84 Å². The molecular weight excluding hydrogens is 336 g/mol. The maximum atomic E-state index is 12.9. The van der Waals surface area contributed by atoms with Gasteiger partial charge in [-0.2, -0.15) is 5.10 Å². The molecule has 0 spiro atoms.